The molecule has 6 nitrogen and oxygen atoms in total. The molecule has 2 aromatic rings. The number of rotatable bonds is 4. The molecule has 2 heterocycles. The predicted molar refractivity (Wildman–Crippen MR) is 102 cm³/mol. The molecule has 0 radical (unpaired) electrons. The summed E-state index contributed by atoms with van der Waals surface area (Å²) in [6, 6.07) is 10.4. The molecule has 1 aromatic carbocycles. The van der Waals surface area contributed by atoms with E-state index in [2.05, 4.69) is 24.5 Å². The molecule has 140 valence electrons. The monoisotopic (exact) mass is 365 g/mol. The van der Waals surface area contributed by atoms with E-state index in [1.165, 1.54) is 0 Å². The van der Waals surface area contributed by atoms with Crippen LogP contribution >= 0.6 is 0 Å². The fraction of sp³-hybridized carbons (Fsp3) is 0.333. The van der Waals surface area contributed by atoms with Gasteiger partial charge in [-0.15, -0.1) is 0 Å². The van der Waals surface area contributed by atoms with Gasteiger partial charge in [-0.1, -0.05) is 6.07 Å². The number of nitrogens with two attached hydrogens (primary N) is 1. The number of carbonyl (C=O) groups is 1. The number of benzene rings is 1. The van der Waals surface area contributed by atoms with Gasteiger partial charge in [0, 0.05) is 17.8 Å². The molecule has 27 heavy (non-hydrogen) atoms. The molecule has 1 aromatic heterocycles. The van der Waals surface area contributed by atoms with Crippen LogP contribution in [-0.4, -0.2) is 17.1 Å². The first-order valence-corrected chi connectivity index (χ1v) is 8.95. The van der Waals surface area contributed by atoms with Gasteiger partial charge in [-0.3, -0.25) is 0 Å². The lowest BCUT2D eigenvalue weighted by atomic mass is 9.83. The van der Waals surface area contributed by atoms with E-state index in [0.29, 0.717) is 17.4 Å². The summed E-state index contributed by atoms with van der Waals surface area (Å²) in [5.74, 6) is -0.739. The van der Waals surface area contributed by atoms with Crippen LogP contribution in [0.1, 0.15) is 45.2 Å². The van der Waals surface area contributed by atoms with Crippen molar-refractivity contribution in [2.45, 2.75) is 39.7 Å². The lowest BCUT2D eigenvalue weighted by Gasteiger charge is -2.27. The molecule has 0 amide bonds. The number of hydrogen-bond donors (Lipinski definition) is 1. The third-order valence-corrected chi connectivity index (χ3v) is 4.74. The van der Waals surface area contributed by atoms with E-state index >= 15 is 0 Å². The second-order valence-electron chi connectivity index (χ2n) is 6.75. The minimum atomic E-state index is -0.616. The van der Waals surface area contributed by atoms with Crippen LogP contribution in [0, 0.1) is 11.3 Å². The van der Waals surface area contributed by atoms with E-state index in [0.717, 1.165) is 16.5 Å². The lowest BCUT2D eigenvalue weighted by molar-refractivity contribution is -0.139. The quantitative estimate of drug-likeness (QED) is 0.831. The first-order chi connectivity index (χ1) is 12.9. The molecule has 1 aliphatic heterocycles. The van der Waals surface area contributed by atoms with Gasteiger partial charge in [0.05, 0.1) is 18.1 Å². The second kappa shape index (κ2) is 7.20. The Morgan fingerprint density at radius 2 is 2.15 bits per heavy atom. The highest BCUT2D eigenvalue weighted by atomic mass is 16.5. The third-order valence-electron chi connectivity index (χ3n) is 4.74. The molecule has 0 aliphatic carbocycles. The van der Waals surface area contributed by atoms with E-state index in [4.69, 9.17) is 15.2 Å². The molecule has 3 rings (SSSR count). The summed E-state index contributed by atoms with van der Waals surface area (Å²) in [6.07, 6.45) is 2.03. The molecule has 2 N–H and O–H groups in total. The summed E-state index contributed by atoms with van der Waals surface area (Å²) in [5.41, 5.74) is 8.36. The highest BCUT2D eigenvalue weighted by Crippen LogP contribution is 2.40. The fourth-order valence-electron chi connectivity index (χ4n) is 3.50. The van der Waals surface area contributed by atoms with E-state index in [1.807, 2.05) is 30.5 Å². The normalized spacial score (nSPS) is 17.3. The maximum atomic E-state index is 12.6. The van der Waals surface area contributed by atoms with Crippen molar-refractivity contribution in [1.82, 2.24) is 4.57 Å². The number of nitriles is 1. The molecule has 0 bridgehead atoms. The Morgan fingerprint density at radius 3 is 2.78 bits per heavy atom. The SMILES string of the molecule is CCOC(=O)C1=C(C)OC(N)=C(C#N)C1c1ccc2c(ccn2C(C)C)c1. The standard InChI is InChI=1S/C21H23N3O3/c1-5-26-21(25)18-13(4)27-20(23)16(11-22)19(18)15-6-7-17-14(10-15)8-9-24(17)12(2)3/h6-10,12,19H,5,23H2,1-4H3. The zero-order valence-corrected chi connectivity index (χ0v) is 15.9. The summed E-state index contributed by atoms with van der Waals surface area (Å²) in [6.45, 7) is 7.87. The van der Waals surface area contributed by atoms with Crippen molar-refractivity contribution < 1.29 is 14.3 Å². The van der Waals surface area contributed by atoms with E-state index in [9.17, 15) is 10.1 Å². The largest absolute Gasteiger partial charge is 0.463 e. The first kappa shape index (κ1) is 18.6. The van der Waals surface area contributed by atoms with Gasteiger partial charge < -0.3 is 19.8 Å². The van der Waals surface area contributed by atoms with Crippen LogP contribution in [0.5, 0.6) is 0 Å². The Balaban J connectivity index is 2.17. The molecule has 0 saturated carbocycles. The van der Waals surface area contributed by atoms with Crippen LogP contribution in [0.2, 0.25) is 0 Å². The summed E-state index contributed by atoms with van der Waals surface area (Å²) < 4.78 is 12.8. The predicted octanol–water partition coefficient (Wildman–Crippen LogP) is 3.87. The van der Waals surface area contributed by atoms with Gasteiger partial charge in [0.25, 0.3) is 0 Å². The Kier molecular flexibility index (Phi) is 4.95. The molecule has 1 unspecified atom stereocenters. The number of esters is 1. The van der Waals surface area contributed by atoms with Crippen molar-refractivity contribution >= 4 is 16.9 Å². The molecule has 1 aliphatic rings. The molecule has 1 atom stereocenters. The number of fused-ring (bicyclic) bond motifs is 1. The first-order valence-electron chi connectivity index (χ1n) is 8.95. The molecule has 0 spiro atoms. The molecule has 6 heteroatoms. The fourth-order valence-corrected chi connectivity index (χ4v) is 3.50. The van der Waals surface area contributed by atoms with Crippen LogP contribution in [-0.2, 0) is 14.3 Å². The average Bonchev–Trinajstić information content (AvgIpc) is 3.04. The zero-order valence-electron chi connectivity index (χ0n) is 15.9. The van der Waals surface area contributed by atoms with Crippen LogP contribution < -0.4 is 5.73 Å². The van der Waals surface area contributed by atoms with E-state index < -0.39 is 11.9 Å². The molecular formula is C21H23N3O3. The zero-order chi connectivity index (χ0) is 19.7. The lowest BCUT2D eigenvalue weighted by Crippen LogP contribution is -2.25. The van der Waals surface area contributed by atoms with Gasteiger partial charge in [0.2, 0.25) is 5.88 Å². The smallest absolute Gasteiger partial charge is 0.338 e. The van der Waals surface area contributed by atoms with Crippen molar-refractivity contribution in [3.63, 3.8) is 0 Å². The Labute approximate surface area is 158 Å². The topological polar surface area (TPSA) is 90.3 Å². The van der Waals surface area contributed by atoms with Crippen molar-refractivity contribution in [1.29, 1.82) is 5.26 Å². The van der Waals surface area contributed by atoms with Gasteiger partial charge >= 0.3 is 5.97 Å². The van der Waals surface area contributed by atoms with Crippen molar-refractivity contribution in [3.8, 4) is 6.07 Å². The number of aromatic nitrogens is 1. The Bertz CT molecular complexity index is 1010. The van der Waals surface area contributed by atoms with Gasteiger partial charge in [-0.25, -0.2) is 4.79 Å². The number of carbonyl (C=O) groups excluding carboxylic acids is 1. The highest BCUT2D eigenvalue weighted by Gasteiger charge is 2.36. The van der Waals surface area contributed by atoms with Crippen molar-refractivity contribution in [2.24, 2.45) is 5.73 Å². The number of nitrogens with zero attached hydrogens (tertiary/aromatic N) is 2. The second-order valence-corrected chi connectivity index (χ2v) is 6.75. The van der Waals surface area contributed by atoms with Gasteiger partial charge in [0.15, 0.2) is 0 Å². The number of hydrogen-bond acceptors (Lipinski definition) is 5. The van der Waals surface area contributed by atoms with Crippen LogP contribution in [0.15, 0.2) is 53.3 Å². The Morgan fingerprint density at radius 1 is 1.41 bits per heavy atom. The summed E-state index contributed by atoms with van der Waals surface area (Å²) in [7, 11) is 0. The van der Waals surface area contributed by atoms with E-state index in [1.54, 1.807) is 13.8 Å². The average molecular weight is 365 g/mol. The number of allylic oxidation sites excluding steroid dienone is 2. The highest BCUT2D eigenvalue weighted by molar-refractivity contribution is 5.93. The summed E-state index contributed by atoms with van der Waals surface area (Å²) >= 11 is 0. The van der Waals surface area contributed by atoms with Crippen molar-refractivity contribution in [3.05, 3.63) is 58.8 Å². The molecule has 0 saturated heterocycles. The molecule has 0 fully saturated rings. The summed E-state index contributed by atoms with van der Waals surface area (Å²) in [5, 5.41) is 10.7. The summed E-state index contributed by atoms with van der Waals surface area (Å²) in [4.78, 5) is 12.6. The maximum absolute atomic E-state index is 12.6. The van der Waals surface area contributed by atoms with Crippen LogP contribution in [0.25, 0.3) is 10.9 Å². The molecular weight excluding hydrogens is 342 g/mol. The van der Waals surface area contributed by atoms with Crippen molar-refractivity contribution in [2.75, 3.05) is 6.61 Å². The van der Waals surface area contributed by atoms with Crippen LogP contribution in [0.3, 0.4) is 0 Å². The van der Waals surface area contributed by atoms with Gasteiger partial charge in [-0.2, -0.15) is 5.26 Å². The van der Waals surface area contributed by atoms with E-state index in [-0.39, 0.29) is 18.1 Å². The Hall–Kier alpha value is -3.20. The minimum Gasteiger partial charge on any atom is -0.463 e. The van der Waals surface area contributed by atoms with Gasteiger partial charge in [0.1, 0.15) is 17.4 Å². The maximum Gasteiger partial charge on any atom is 0.338 e. The minimum absolute atomic E-state index is 0.0212. The third kappa shape index (κ3) is 3.17. The van der Waals surface area contributed by atoms with Gasteiger partial charge in [-0.05, 0) is 56.8 Å². The van der Waals surface area contributed by atoms with Crippen LogP contribution in [0.4, 0.5) is 0 Å². The number of ether oxygens (including phenoxy) is 2.